The number of nitrogens with one attached hydrogen (secondary N) is 1. The molecule has 126 valence electrons. The van der Waals surface area contributed by atoms with Gasteiger partial charge in [-0.3, -0.25) is 14.9 Å². The predicted octanol–water partition coefficient (Wildman–Crippen LogP) is 2.53. The van der Waals surface area contributed by atoms with Crippen LogP contribution in [-0.2, 0) is 9.59 Å². The number of urea groups is 1. The molecular formula is C17H11BrN2O5. The zero-order valence-electron chi connectivity index (χ0n) is 12.6. The number of phenolic OH excluding ortho intramolecular Hbond substituents is 2. The zero-order chi connectivity index (χ0) is 18.1. The summed E-state index contributed by atoms with van der Waals surface area (Å²) in [6.07, 6.45) is 1.23. The minimum absolute atomic E-state index is 0.271. The summed E-state index contributed by atoms with van der Waals surface area (Å²) in [5, 5.41) is 21.0. The molecule has 8 heteroatoms. The summed E-state index contributed by atoms with van der Waals surface area (Å²) in [4.78, 5) is 37.6. The van der Waals surface area contributed by atoms with Crippen LogP contribution < -0.4 is 10.2 Å². The third-order valence-electron chi connectivity index (χ3n) is 3.50. The summed E-state index contributed by atoms with van der Waals surface area (Å²) in [7, 11) is 0. The number of benzene rings is 2. The smallest absolute Gasteiger partial charge is 0.335 e. The van der Waals surface area contributed by atoms with E-state index in [-0.39, 0.29) is 17.1 Å². The second-order valence-electron chi connectivity index (χ2n) is 5.18. The van der Waals surface area contributed by atoms with Crippen LogP contribution in [-0.4, -0.2) is 28.1 Å². The summed E-state index contributed by atoms with van der Waals surface area (Å²) in [5.41, 5.74) is 0.351. The van der Waals surface area contributed by atoms with E-state index in [0.717, 1.165) is 9.37 Å². The number of carbonyl (C=O) groups excluding carboxylic acids is 3. The van der Waals surface area contributed by atoms with Gasteiger partial charge in [0.25, 0.3) is 11.8 Å². The number of amides is 4. The average Bonchev–Trinajstić information content (AvgIpc) is 2.56. The third kappa shape index (κ3) is 3.24. The van der Waals surface area contributed by atoms with Crippen LogP contribution in [0, 0.1) is 0 Å². The first-order chi connectivity index (χ1) is 11.9. The van der Waals surface area contributed by atoms with Gasteiger partial charge in [0, 0.05) is 4.47 Å². The molecule has 0 bridgehead atoms. The zero-order valence-corrected chi connectivity index (χ0v) is 14.1. The van der Waals surface area contributed by atoms with Crippen LogP contribution in [0.15, 0.2) is 52.5 Å². The van der Waals surface area contributed by atoms with E-state index in [0.29, 0.717) is 11.3 Å². The number of aromatic hydroxyl groups is 2. The number of rotatable bonds is 2. The van der Waals surface area contributed by atoms with Crippen LogP contribution >= 0.6 is 15.9 Å². The van der Waals surface area contributed by atoms with E-state index in [4.69, 9.17) is 0 Å². The van der Waals surface area contributed by atoms with E-state index >= 15 is 0 Å². The van der Waals surface area contributed by atoms with Gasteiger partial charge in [-0.1, -0.05) is 22.0 Å². The number of carbonyl (C=O) groups is 3. The average molecular weight is 403 g/mol. The lowest BCUT2D eigenvalue weighted by atomic mass is 10.1. The lowest BCUT2D eigenvalue weighted by Gasteiger charge is -2.26. The van der Waals surface area contributed by atoms with Crippen LogP contribution in [0.2, 0.25) is 0 Å². The van der Waals surface area contributed by atoms with Crippen molar-refractivity contribution in [3.8, 4) is 11.5 Å². The summed E-state index contributed by atoms with van der Waals surface area (Å²) >= 11 is 3.26. The first-order valence-corrected chi connectivity index (χ1v) is 7.85. The molecule has 7 nitrogen and oxygen atoms in total. The van der Waals surface area contributed by atoms with Crippen LogP contribution in [0.4, 0.5) is 10.5 Å². The molecule has 0 aliphatic carbocycles. The molecule has 4 amide bonds. The van der Waals surface area contributed by atoms with E-state index < -0.39 is 17.8 Å². The quantitative estimate of drug-likeness (QED) is 0.406. The normalized spacial score (nSPS) is 16.3. The van der Waals surface area contributed by atoms with Gasteiger partial charge in [0.15, 0.2) is 11.5 Å². The second kappa shape index (κ2) is 6.40. The highest BCUT2D eigenvalue weighted by Gasteiger charge is 2.36. The molecule has 1 saturated heterocycles. The van der Waals surface area contributed by atoms with E-state index in [2.05, 4.69) is 21.2 Å². The molecule has 1 heterocycles. The first-order valence-electron chi connectivity index (χ1n) is 7.06. The molecule has 1 aliphatic heterocycles. The second-order valence-corrected chi connectivity index (χ2v) is 6.10. The number of phenols is 2. The van der Waals surface area contributed by atoms with Crippen molar-refractivity contribution in [3.63, 3.8) is 0 Å². The summed E-state index contributed by atoms with van der Waals surface area (Å²) in [6, 6.07) is 9.43. The summed E-state index contributed by atoms with van der Waals surface area (Å²) in [5.74, 6) is -2.34. The maximum Gasteiger partial charge on any atom is 0.335 e. The number of imide groups is 2. The van der Waals surface area contributed by atoms with Gasteiger partial charge in [-0.2, -0.15) is 0 Å². The maximum atomic E-state index is 12.6. The standard InChI is InChI=1S/C17H11BrN2O5/c18-10-2-4-11(5-3-10)20-16(24)12(15(23)19-17(20)25)7-9-1-6-13(21)14(22)8-9/h1-8,21-22H,(H,19,23,25). The number of nitrogens with zero attached hydrogens (tertiary/aromatic N) is 1. The molecule has 0 radical (unpaired) electrons. The monoisotopic (exact) mass is 402 g/mol. The fourth-order valence-corrected chi connectivity index (χ4v) is 2.54. The SMILES string of the molecule is O=C1NC(=O)N(c2ccc(Br)cc2)C(=O)C1=Cc1ccc(O)c(O)c1. The van der Waals surface area contributed by atoms with Gasteiger partial charge in [0.2, 0.25) is 0 Å². The Morgan fingerprint density at radius 2 is 1.64 bits per heavy atom. The molecule has 25 heavy (non-hydrogen) atoms. The van der Waals surface area contributed by atoms with Crippen molar-refractivity contribution in [1.29, 1.82) is 0 Å². The van der Waals surface area contributed by atoms with Crippen molar-refractivity contribution in [2.24, 2.45) is 0 Å². The fourth-order valence-electron chi connectivity index (χ4n) is 2.28. The minimum atomic E-state index is -0.844. The molecule has 0 saturated carbocycles. The Labute approximate surface area is 150 Å². The highest BCUT2D eigenvalue weighted by molar-refractivity contribution is 9.10. The highest BCUT2D eigenvalue weighted by Crippen LogP contribution is 2.27. The molecule has 0 aromatic heterocycles. The molecule has 1 fully saturated rings. The predicted molar refractivity (Wildman–Crippen MR) is 92.9 cm³/mol. The molecule has 0 atom stereocenters. The number of barbiturate groups is 1. The topological polar surface area (TPSA) is 107 Å². The summed E-state index contributed by atoms with van der Waals surface area (Å²) in [6.45, 7) is 0. The van der Waals surface area contributed by atoms with Crippen LogP contribution in [0.1, 0.15) is 5.56 Å². The van der Waals surface area contributed by atoms with Crippen molar-refractivity contribution in [3.05, 3.63) is 58.1 Å². The van der Waals surface area contributed by atoms with Gasteiger partial charge in [-0.25, -0.2) is 9.69 Å². The van der Waals surface area contributed by atoms with Crippen molar-refractivity contribution < 1.29 is 24.6 Å². The first kappa shape index (κ1) is 16.7. The van der Waals surface area contributed by atoms with Gasteiger partial charge in [0.05, 0.1) is 5.69 Å². The molecular weight excluding hydrogens is 392 g/mol. The van der Waals surface area contributed by atoms with Crippen molar-refractivity contribution >= 4 is 45.5 Å². The Kier molecular flexibility index (Phi) is 4.28. The number of hydrogen-bond acceptors (Lipinski definition) is 5. The Bertz CT molecular complexity index is 921. The van der Waals surface area contributed by atoms with E-state index in [1.807, 2.05) is 0 Å². The van der Waals surface area contributed by atoms with E-state index in [9.17, 15) is 24.6 Å². The molecule has 0 spiro atoms. The highest BCUT2D eigenvalue weighted by atomic mass is 79.9. The van der Waals surface area contributed by atoms with Gasteiger partial charge in [0.1, 0.15) is 5.57 Å². The van der Waals surface area contributed by atoms with Gasteiger partial charge in [-0.05, 0) is 48.0 Å². The molecule has 3 rings (SSSR count). The number of hydrogen-bond donors (Lipinski definition) is 3. The third-order valence-corrected chi connectivity index (χ3v) is 4.03. The molecule has 3 N–H and O–H groups in total. The Morgan fingerprint density at radius 3 is 2.28 bits per heavy atom. The minimum Gasteiger partial charge on any atom is -0.504 e. The van der Waals surface area contributed by atoms with Crippen molar-refractivity contribution in [2.75, 3.05) is 4.90 Å². The molecule has 0 unspecified atom stereocenters. The van der Waals surface area contributed by atoms with Crippen molar-refractivity contribution in [2.45, 2.75) is 0 Å². The summed E-state index contributed by atoms with van der Waals surface area (Å²) < 4.78 is 0.771. The van der Waals surface area contributed by atoms with Crippen molar-refractivity contribution in [1.82, 2.24) is 5.32 Å². The Morgan fingerprint density at radius 1 is 0.960 bits per heavy atom. The molecule has 2 aromatic carbocycles. The van der Waals surface area contributed by atoms with E-state index in [1.54, 1.807) is 24.3 Å². The number of halogens is 1. The van der Waals surface area contributed by atoms with Gasteiger partial charge < -0.3 is 10.2 Å². The maximum absolute atomic E-state index is 12.6. The van der Waals surface area contributed by atoms with Crippen LogP contribution in [0.5, 0.6) is 11.5 Å². The molecule has 2 aromatic rings. The Hall–Kier alpha value is -3.13. The number of anilines is 1. The largest absolute Gasteiger partial charge is 0.504 e. The molecule has 1 aliphatic rings. The van der Waals surface area contributed by atoms with Crippen LogP contribution in [0.3, 0.4) is 0 Å². The van der Waals surface area contributed by atoms with Crippen LogP contribution in [0.25, 0.3) is 6.08 Å². The van der Waals surface area contributed by atoms with Gasteiger partial charge in [-0.15, -0.1) is 0 Å². The fraction of sp³-hybridized carbons (Fsp3) is 0. The Balaban J connectivity index is 2.01. The van der Waals surface area contributed by atoms with E-state index in [1.165, 1.54) is 24.3 Å². The lowest BCUT2D eigenvalue weighted by molar-refractivity contribution is -0.122. The van der Waals surface area contributed by atoms with Gasteiger partial charge >= 0.3 is 6.03 Å². The lowest BCUT2D eigenvalue weighted by Crippen LogP contribution is -2.54.